The Morgan fingerprint density at radius 2 is 1.94 bits per heavy atom. The second-order valence-electron chi connectivity index (χ2n) is 7.93. The highest BCUT2D eigenvalue weighted by Gasteiger charge is 2.11. The first-order valence-corrected chi connectivity index (χ1v) is 12.6. The van der Waals surface area contributed by atoms with Crippen LogP contribution >= 0.6 is 8.25 Å². The molecule has 3 rings (SSSR count). The predicted octanol–water partition coefficient (Wildman–Crippen LogP) is 6.04. The molecule has 1 atom stereocenters. The highest BCUT2D eigenvalue weighted by atomic mass is 31.1. The van der Waals surface area contributed by atoms with Crippen molar-refractivity contribution in [1.29, 1.82) is 0 Å². The van der Waals surface area contributed by atoms with Crippen molar-refractivity contribution in [3.63, 3.8) is 0 Å². The van der Waals surface area contributed by atoms with Crippen LogP contribution in [0.4, 0.5) is 4.39 Å². The molecule has 0 aliphatic rings. The SMILES string of the molecule is CCCCCCc1ccc(-c2ccc(CNCCCO[PH](=O)O)c3ncccc23)cc1F. The van der Waals surface area contributed by atoms with E-state index in [4.69, 9.17) is 9.42 Å². The van der Waals surface area contributed by atoms with E-state index < -0.39 is 8.25 Å². The van der Waals surface area contributed by atoms with Gasteiger partial charge in [-0.05, 0) is 60.2 Å². The molecule has 1 aromatic heterocycles. The first-order valence-electron chi connectivity index (χ1n) is 11.3. The number of aryl methyl sites for hydroxylation is 1. The molecule has 0 aliphatic heterocycles. The predicted molar refractivity (Wildman–Crippen MR) is 128 cm³/mol. The zero-order chi connectivity index (χ0) is 22.8. The molecule has 7 heteroatoms. The highest BCUT2D eigenvalue weighted by Crippen LogP contribution is 2.31. The average molecular weight is 459 g/mol. The Hall–Kier alpha value is -2.11. The van der Waals surface area contributed by atoms with Gasteiger partial charge in [0.05, 0.1) is 12.1 Å². The van der Waals surface area contributed by atoms with Crippen molar-refractivity contribution in [2.75, 3.05) is 13.2 Å². The van der Waals surface area contributed by atoms with Crippen LogP contribution in [0.5, 0.6) is 0 Å². The second kappa shape index (κ2) is 12.8. The van der Waals surface area contributed by atoms with Gasteiger partial charge in [0.1, 0.15) is 5.82 Å². The number of hydrogen-bond donors (Lipinski definition) is 2. The molecule has 0 amide bonds. The van der Waals surface area contributed by atoms with Crippen LogP contribution in [-0.2, 0) is 22.1 Å². The summed E-state index contributed by atoms with van der Waals surface area (Å²) in [6.07, 6.45) is 7.71. The Balaban J connectivity index is 1.72. The van der Waals surface area contributed by atoms with Crippen molar-refractivity contribution in [3.8, 4) is 11.1 Å². The zero-order valence-electron chi connectivity index (χ0n) is 18.6. The second-order valence-corrected chi connectivity index (χ2v) is 8.75. The number of pyridine rings is 1. The van der Waals surface area contributed by atoms with Crippen LogP contribution < -0.4 is 5.32 Å². The molecular formula is C25H32FN2O3P. The number of fused-ring (bicyclic) bond motifs is 1. The maximum atomic E-state index is 14.8. The lowest BCUT2D eigenvalue weighted by Crippen LogP contribution is -2.16. The lowest BCUT2D eigenvalue weighted by molar-refractivity contribution is 0.276. The smallest absolute Gasteiger partial charge is 0.316 e. The summed E-state index contributed by atoms with van der Waals surface area (Å²) in [7, 11) is -2.86. The standard InChI is InChI=1S/C25H32FN2O3P/c1-2-3-4-5-8-19-10-11-20(17-24(19)26)22-13-12-21(25-23(22)9-6-15-28-25)18-27-14-7-16-31-32(29)30/h6,9-13,15,17,27,32H,2-5,7-8,14,16,18H2,1H3,(H,29,30). The van der Waals surface area contributed by atoms with Gasteiger partial charge in [0.25, 0.3) is 0 Å². The number of nitrogens with one attached hydrogen (secondary N) is 1. The van der Waals surface area contributed by atoms with E-state index in [9.17, 15) is 8.96 Å². The number of unbranched alkanes of at least 4 members (excludes halogenated alkanes) is 3. The summed E-state index contributed by atoms with van der Waals surface area (Å²) in [5.74, 6) is -0.144. The van der Waals surface area contributed by atoms with E-state index in [2.05, 4.69) is 17.2 Å². The largest absolute Gasteiger partial charge is 0.326 e. The molecule has 172 valence electrons. The molecule has 3 aromatic rings. The van der Waals surface area contributed by atoms with E-state index in [0.29, 0.717) is 19.5 Å². The Kier molecular flexibility index (Phi) is 9.82. The number of aromatic nitrogens is 1. The number of benzene rings is 2. The maximum absolute atomic E-state index is 14.8. The Morgan fingerprint density at radius 1 is 1.09 bits per heavy atom. The van der Waals surface area contributed by atoms with Crippen LogP contribution in [0, 0.1) is 5.82 Å². The van der Waals surface area contributed by atoms with E-state index >= 15 is 0 Å². The molecule has 0 spiro atoms. The van der Waals surface area contributed by atoms with Crippen molar-refractivity contribution in [3.05, 3.63) is 65.6 Å². The molecule has 5 nitrogen and oxygen atoms in total. The minimum Gasteiger partial charge on any atom is -0.326 e. The van der Waals surface area contributed by atoms with Crippen molar-refractivity contribution in [2.45, 2.75) is 52.0 Å². The molecule has 0 radical (unpaired) electrons. The van der Waals surface area contributed by atoms with Gasteiger partial charge in [0.2, 0.25) is 0 Å². The summed E-state index contributed by atoms with van der Waals surface area (Å²) in [4.78, 5) is 13.3. The molecule has 32 heavy (non-hydrogen) atoms. The third-order valence-corrected chi connectivity index (χ3v) is 6.01. The summed E-state index contributed by atoms with van der Waals surface area (Å²) in [5, 5.41) is 4.31. The van der Waals surface area contributed by atoms with Gasteiger partial charge >= 0.3 is 8.25 Å². The Labute approximate surface area is 190 Å². The summed E-state index contributed by atoms with van der Waals surface area (Å²) < 4.78 is 30.0. The van der Waals surface area contributed by atoms with E-state index in [1.165, 1.54) is 12.8 Å². The van der Waals surface area contributed by atoms with Gasteiger partial charge < -0.3 is 14.7 Å². The maximum Gasteiger partial charge on any atom is 0.316 e. The van der Waals surface area contributed by atoms with Crippen molar-refractivity contribution < 1.29 is 18.4 Å². The summed E-state index contributed by atoms with van der Waals surface area (Å²) >= 11 is 0. The van der Waals surface area contributed by atoms with E-state index in [-0.39, 0.29) is 12.4 Å². The third kappa shape index (κ3) is 6.94. The molecule has 1 unspecified atom stereocenters. The number of nitrogens with zero attached hydrogens (tertiary/aromatic N) is 1. The number of halogens is 1. The molecule has 1 heterocycles. The zero-order valence-corrected chi connectivity index (χ0v) is 19.6. The van der Waals surface area contributed by atoms with Crippen LogP contribution in [0.25, 0.3) is 22.0 Å². The Morgan fingerprint density at radius 3 is 2.72 bits per heavy atom. The van der Waals surface area contributed by atoms with E-state index in [1.807, 2.05) is 36.4 Å². The van der Waals surface area contributed by atoms with Gasteiger partial charge in [0, 0.05) is 18.1 Å². The van der Waals surface area contributed by atoms with E-state index in [0.717, 1.165) is 52.4 Å². The fourth-order valence-electron chi connectivity index (χ4n) is 3.87. The molecule has 0 fully saturated rings. The van der Waals surface area contributed by atoms with Crippen LogP contribution in [-0.4, -0.2) is 23.0 Å². The van der Waals surface area contributed by atoms with Crippen LogP contribution in [0.3, 0.4) is 0 Å². The minimum absolute atomic E-state index is 0.144. The van der Waals surface area contributed by atoms with Crippen LogP contribution in [0.2, 0.25) is 0 Å². The first kappa shape index (κ1) is 24.5. The molecule has 0 saturated carbocycles. The fourth-order valence-corrected chi connectivity index (χ4v) is 4.18. The van der Waals surface area contributed by atoms with Gasteiger partial charge in [-0.2, -0.15) is 0 Å². The lowest BCUT2D eigenvalue weighted by atomic mass is 9.96. The van der Waals surface area contributed by atoms with Crippen molar-refractivity contribution in [1.82, 2.24) is 10.3 Å². The van der Waals surface area contributed by atoms with Crippen molar-refractivity contribution >= 4 is 19.2 Å². The van der Waals surface area contributed by atoms with Gasteiger partial charge in [-0.1, -0.05) is 56.5 Å². The molecule has 2 aromatic carbocycles. The monoisotopic (exact) mass is 458 g/mol. The van der Waals surface area contributed by atoms with Crippen molar-refractivity contribution in [2.24, 2.45) is 0 Å². The highest BCUT2D eigenvalue weighted by molar-refractivity contribution is 7.32. The van der Waals surface area contributed by atoms with Gasteiger partial charge in [0.15, 0.2) is 0 Å². The van der Waals surface area contributed by atoms with Crippen LogP contribution in [0.15, 0.2) is 48.7 Å². The number of hydrogen-bond acceptors (Lipinski definition) is 4. The van der Waals surface area contributed by atoms with E-state index in [1.54, 1.807) is 12.3 Å². The van der Waals surface area contributed by atoms with Gasteiger partial charge in [-0.3, -0.25) is 9.55 Å². The van der Waals surface area contributed by atoms with Crippen LogP contribution in [0.1, 0.15) is 50.2 Å². The summed E-state index contributed by atoms with van der Waals surface area (Å²) in [6.45, 7) is 3.71. The minimum atomic E-state index is -2.86. The third-order valence-electron chi connectivity index (χ3n) is 5.56. The first-order chi connectivity index (χ1) is 15.6. The molecule has 0 saturated heterocycles. The quantitative estimate of drug-likeness (QED) is 0.241. The molecule has 0 bridgehead atoms. The number of rotatable bonds is 13. The van der Waals surface area contributed by atoms with Gasteiger partial charge in [-0.25, -0.2) is 4.39 Å². The molecular weight excluding hydrogens is 426 g/mol. The normalized spacial score (nSPS) is 12.3. The van der Waals surface area contributed by atoms with Gasteiger partial charge in [-0.15, -0.1) is 0 Å². The molecule has 2 N–H and O–H groups in total. The Bertz CT molecular complexity index is 1040. The summed E-state index contributed by atoms with van der Waals surface area (Å²) in [5.41, 5.74) is 4.54. The lowest BCUT2D eigenvalue weighted by Gasteiger charge is -2.13. The topological polar surface area (TPSA) is 71.5 Å². The molecule has 0 aliphatic carbocycles. The fraction of sp³-hybridized carbons (Fsp3) is 0.400. The summed E-state index contributed by atoms with van der Waals surface area (Å²) in [6, 6.07) is 13.5. The average Bonchev–Trinajstić information content (AvgIpc) is 2.79.